The van der Waals surface area contributed by atoms with E-state index in [9.17, 15) is 14.9 Å². The number of anilines is 1. The molecule has 6 nitrogen and oxygen atoms in total. The van der Waals surface area contributed by atoms with Gasteiger partial charge in [-0.2, -0.15) is 0 Å². The van der Waals surface area contributed by atoms with Crippen LogP contribution in [0.2, 0.25) is 0 Å². The van der Waals surface area contributed by atoms with Gasteiger partial charge >= 0.3 is 0 Å². The molecule has 4 aromatic rings. The van der Waals surface area contributed by atoms with E-state index in [4.69, 9.17) is 0 Å². The van der Waals surface area contributed by atoms with Gasteiger partial charge in [0.25, 0.3) is 5.69 Å². The van der Waals surface area contributed by atoms with Gasteiger partial charge in [0.15, 0.2) is 5.13 Å². The topological polar surface area (TPSA) is 85.1 Å². The first-order chi connectivity index (χ1) is 14.1. The van der Waals surface area contributed by atoms with Gasteiger partial charge in [-0.1, -0.05) is 23.5 Å². The molecule has 1 aromatic carbocycles. The second-order valence-corrected chi connectivity index (χ2v) is 8.72. The Labute approximate surface area is 178 Å². The molecular weight excluding hydrogens is 426 g/mol. The van der Waals surface area contributed by atoms with Gasteiger partial charge in [0.05, 0.1) is 14.7 Å². The van der Waals surface area contributed by atoms with E-state index in [1.54, 1.807) is 40.9 Å². The van der Waals surface area contributed by atoms with Crippen LogP contribution in [0, 0.1) is 10.1 Å². The highest BCUT2D eigenvalue weighted by atomic mass is 32.1. The Balaban J connectivity index is 1.52. The predicted octanol–water partition coefficient (Wildman–Crippen LogP) is 6.16. The Hall–Kier alpha value is -3.14. The fourth-order valence-corrected chi connectivity index (χ4v) is 5.18. The maximum absolute atomic E-state index is 12.3. The maximum Gasteiger partial charge on any atom is 0.269 e. The molecule has 1 amide bonds. The Bertz CT molecular complexity index is 1110. The number of aromatic nitrogens is 1. The van der Waals surface area contributed by atoms with Gasteiger partial charge in [-0.3, -0.25) is 20.2 Å². The first kappa shape index (κ1) is 19.2. The van der Waals surface area contributed by atoms with Crippen LogP contribution in [0.4, 0.5) is 10.8 Å². The molecule has 0 spiro atoms. The van der Waals surface area contributed by atoms with E-state index in [1.165, 1.54) is 29.5 Å². The zero-order valence-electron chi connectivity index (χ0n) is 14.8. The van der Waals surface area contributed by atoms with Crippen LogP contribution in [0.25, 0.3) is 26.4 Å². The summed E-state index contributed by atoms with van der Waals surface area (Å²) in [6.45, 7) is 0. The molecule has 0 unspecified atom stereocenters. The van der Waals surface area contributed by atoms with Crippen LogP contribution in [-0.2, 0) is 4.79 Å². The van der Waals surface area contributed by atoms with Gasteiger partial charge in [-0.05, 0) is 46.7 Å². The summed E-state index contributed by atoms with van der Waals surface area (Å²) in [4.78, 5) is 30.4. The summed E-state index contributed by atoms with van der Waals surface area (Å²) in [6, 6.07) is 14.0. The van der Waals surface area contributed by atoms with Crippen LogP contribution in [0.15, 0.2) is 65.4 Å². The summed E-state index contributed by atoms with van der Waals surface area (Å²) < 4.78 is 0. The molecule has 0 aliphatic carbocycles. The van der Waals surface area contributed by atoms with Crippen LogP contribution in [0.1, 0.15) is 5.56 Å². The third kappa shape index (κ3) is 4.48. The monoisotopic (exact) mass is 439 g/mol. The smallest absolute Gasteiger partial charge is 0.269 e. The summed E-state index contributed by atoms with van der Waals surface area (Å²) >= 11 is 4.67. The second kappa shape index (κ2) is 8.48. The maximum atomic E-state index is 12.3. The SMILES string of the molecule is O=C(C=Cc1ccc([N+](=O)[O-])cc1)Nc1nc(-c2cccs2)c(-c2cccs2)s1. The molecule has 0 saturated heterocycles. The summed E-state index contributed by atoms with van der Waals surface area (Å²) in [5, 5.41) is 18.0. The Kier molecular flexibility index (Phi) is 5.61. The molecule has 0 saturated carbocycles. The van der Waals surface area contributed by atoms with E-state index in [-0.39, 0.29) is 11.6 Å². The summed E-state index contributed by atoms with van der Waals surface area (Å²) in [6.07, 6.45) is 2.99. The normalized spacial score (nSPS) is 11.0. The molecule has 0 radical (unpaired) electrons. The van der Waals surface area contributed by atoms with Gasteiger partial charge < -0.3 is 0 Å². The molecule has 144 valence electrons. The third-order valence-corrected chi connectivity index (χ3v) is 6.79. The number of rotatable bonds is 6. The van der Waals surface area contributed by atoms with E-state index in [1.807, 2.05) is 35.0 Å². The number of nitrogens with zero attached hydrogens (tertiary/aromatic N) is 2. The molecule has 3 heterocycles. The van der Waals surface area contributed by atoms with Crippen molar-refractivity contribution in [2.75, 3.05) is 5.32 Å². The van der Waals surface area contributed by atoms with Gasteiger partial charge in [0.2, 0.25) is 5.91 Å². The number of hydrogen-bond donors (Lipinski definition) is 1. The van der Waals surface area contributed by atoms with Crippen molar-refractivity contribution in [3.63, 3.8) is 0 Å². The van der Waals surface area contributed by atoms with Gasteiger partial charge in [0.1, 0.15) is 5.69 Å². The van der Waals surface area contributed by atoms with Gasteiger partial charge in [-0.15, -0.1) is 22.7 Å². The van der Waals surface area contributed by atoms with Crippen molar-refractivity contribution in [2.45, 2.75) is 0 Å². The molecule has 9 heteroatoms. The number of nitro groups is 1. The third-order valence-electron chi connectivity index (χ3n) is 3.89. The van der Waals surface area contributed by atoms with Gasteiger partial charge in [-0.25, -0.2) is 4.98 Å². The van der Waals surface area contributed by atoms with Crippen LogP contribution < -0.4 is 5.32 Å². The molecule has 29 heavy (non-hydrogen) atoms. The fourth-order valence-electron chi connectivity index (χ4n) is 2.55. The highest BCUT2D eigenvalue weighted by Gasteiger charge is 2.17. The van der Waals surface area contributed by atoms with Crippen molar-refractivity contribution in [2.24, 2.45) is 0 Å². The van der Waals surface area contributed by atoms with Crippen molar-refractivity contribution in [3.8, 4) is 20.3 Å². The Morgan fingerprint density at radius 3 is 2.34 bits per heavy atom. The number of nitrogens with one attached hydrogen (secondary N) is 1. The summed E-state index contributed by atoms with van der Waals surface area (Å²) in [5.74, 6) is -0.312. The van der Waals surface area contributed by atoms with E-state index in [2.05, 4.69) is 10.3 Å². The number of nitro benzene ring substituents is 1. The lowest BCUT2D eigenvalue weighted by Gasteiger charge is -1.96. The van der Waals surface area contributed by atoms with Crippen LogP contribution >= 0.6 is 34.0 Å². The van der Waals surface area contributed by atoms with Crippen molar-refractivity contribution in [1.29, 1.82) is 0 Å². The average molecular weight is 440 g/mol. The second-order valence-electron chi connectivity index (χ2n) is 5.82. The number of benzene rings is 1. The number of non-ortho nitro benzene ring substituents is 1. The molecule has 4 rings (SSSR count). The highest BCUT2D eigenvalue weighted by molar-refractivity contribution is 7.24. The first-order valence-corrected chi connectivity index (χ1v) is 11.0. The minimum absolute atomic E-state index is 0.0107. The largest absolute Gasteiger partial charge is 0.298 e. The predicted molar refractivity (Wildman–Crippen MR) is 120 cm³/mol. The van der Waals surface area contributed by atoms with Crippen LogP contribution in [0.5, 0.6) is 0 Å². The molecule has 0 fully saturated rings. The lowest BCUT2D eigenvalue weighted by atomic mass is 10.2. The minimum Gasteiger partial charge on any atom is -0.298 e. The van der Waals surface area contributed by atoms with Crippen molar-refractivity contribution in [1.82, 2.24) is 4.98 Å². The zero-order valence-corrected chi connectivity index (χ0v) is 17.2. The van der Waals surface area contributed by atoms with Gasteiger partial charge in [0, 0.05) is 23.1 Å². The Morgan fingerprint density at radius 1 is 1.03 bits per heavy atom. The minimum atomic E-state index is -0.459. The average Bonchev–Trinajstić information content (AvgIpc) is 3.47. The zero-order chi connectivity index (χ0) is 20.2. The molecule has 0 aliphatic heterocycles. The number of carbonyl (C=O) groups is 1. The summed E-state index contributed by atoms with van der Waals surface area (Å²) in [5.41, 5.74) is 1.57. The van der Waals surface area contributed by atoms with E-state index in [0.29, 0.717) is 10.7 Å². The van der Waals surface area contributed by atoms with Crippen molar-refractivity contribution >= 4 is 56.8 Å². The number of carbonyl (C=O) groups excluding carboxylic acids is 1. The lowest BCUT2D eigenvalue weighted by molar-refractivity contribution is -0.384. The quantitative estimate of drug-likeness (QED) is 0.221. The van der Waals surface area contributed by atoms with E-state index in [0.717, 1.165) is 20.3 Å². The van der Waals surface area contributed by atoms with Crippen molar-refractivity contribution < 1.29 is 9.72 Å². The number of hydrogen-bond acceptors (Lipinski definition) is 7. The molecular formula is C20H13N3O3S3. The number of amides is 1. The summed E-state index contributed by atoms with van der Waals surface area (Å²) in [7, 11) is 0. The van der Waals surface area contributed by atoms with Crippen molar-refractivity contribution in [3.05, 3.63) is 81.0 Å². The standard InChI is InChI=1S/C20H13N3O3S3/c24-17(10-7-13-5-8-14(9-6-13)23(25)26)21-20-22-18(15-3-1-11-27-15)19(29-20)16-4-2-12-28-16/h1-12H,(H,21,22,24). The van der Waals surface area contributed by atoms with Crippen LogP contribution in [-0.4, -0.2) is 15.8 Å². The number of thiazole rings is 1. The first-order valence-electron chi connectivity index (χ1n) is 8.42. The molecule has 0 aliphatic rings. The fraction of sp³-hybridized carbons (Fsp3) is 0. The molecule has 3 aromatic heterocycles. The Morgan fingerprint density at radius 2 is 1.72 bits per heavy atom. The van der Waals surface area contributed by atoms with E-state index >= 15 is 0 Å². The van der Waals surface area contributed by atoms with E-state index < -0.39 is 4.92 Å². The molecule has 0 bridgehead atoms. The molecule has 0 atom stereocenters. The molecule has 1 N–H and O–H groups in total. The lowest BCUT2D eigenvalue weighted by Crippen LogP contribution is -2.07. The van der Waals surface area contributed by atoms with Crippen LogP contribution in [0.3, 0.4) is 0 Å². The number of thiophene rings is 2. The highest BCUT2D eigenvalue weighted by Crippen LogP contribution is 2.42.